The molecule has 2 fully saturated rings. The molecule has 2 aliphatic rings. The molecular weight excluding hydrogens is 202 g/mol. The van der Waals surface area contributed by atoms with E-state index in [2.05, 4.69) is 19.2 Å². The van der Waals surface area contributed by atoms with Crippen LogP contribution in [-0.2, 0) is 0 Å². The molecule has 0 amide bonds. The van der Waals surface area contributed by atoms with Gasteiger partial charge in [0.2, 0.25) is 0 Å². The van der Waals surface area contributed by atoms with Crippen LogP contribution in [0.15, 0.2) is 0 Å². The lowest BCUT2D eigenvalue weighted by Gasteiger charge is -2.37. The summed E-state index contributed by atoms with van der Waals surface area (Å²) in [6, 6.07) is 0.862. The standard InChI is InChI=1S/C9H17N.BrH/c1-7-3-4-8-5-6-9(7,2)10-8;/h7-8,10H,3-6H2,1-2H3;1H. The molecule has 2 heterocycles. The van der Waals surface area contributed by atoms with Gasteiger partial charge < -0.3 is 5.32 Å². The molecule has 3 atom stereocenters. The van der Waals surface area contributed by atoms with Crippen molar-refractivity contribution in [2.45, 2.75) is 51.1 Å². The molecule has 0 saturated carbocycles. The molecule has 0 aromatic carbocycles. The molecule has 2 aliphatic heterocycles. The highest BCUT2D eigenvalue weighted by atomic mass is 79.9. The molecule has 2 heteroatoms. The SMILES string of the molecule is Br.CC1CCC2CCC1(C)N2. The molecule has 0 aliphatic carbocycles. The quantitative estimate of drug-likeness (QED) is 0.661. The summed E-state index contributed by atoms with van der Waals surface area (Å²) in [6.45, 7) is 4.77. The molecule has 1 nitrogen and oxygen atoms in total. The molecule has 2 bridgehead atoms. The Balaban J connectivity index is 0.000000605. The Bertz CT molecular complexity index is 146. The van der Waals surface area contributed by atoms with Crippen LogP contribution in [0.5, 0.6) is 0 Å². The zero-order valence-electron chi connectivity index (χ0n) is 7.39. The summed E-state index contributed by atoms with van der Waals surface area (Å²) in [4.78, 5) is 0. The zero-order chi connectivity index (χ0) is 7.19. The van der Waals surface area contributed by atoms with Crippen molar-refractivity contribution in [2.75, 3.05) is 0 Å². The van der Waals surface area contributed by atoms with Crippen molar-refractivity contribution in [1.82, 2.24) is 5.32 Å². The van der Waals surface area contributed by atoms with Crippen LogP contribution in [-0.4, -0.2) is 11.6 Å². The zero-order valence-corrected chi connectivity index (χ0v) is 9.10. The van der Waals surface area contributed by atoms with E-state index in [1.807, 2.05) is 0 Å². The first-order chi connectivity index (χ1) is 4.71. The van der Waals surface area contributed by atoms with Gasteiger partial charge in [-0.05, 0) is 38.5 Å². The first-order valence-corrected chi connectivity index (χ1v) is 4.48. The Labute approximate surface area is 79.7 Å². The summed E-state index contributed by atoms with van der Waals surface area (Å²) in [5.41, 5.74) is 0.503. The maximum Gasteiger partial charge on any atom is 0.0182 e. The fourth-order valence-corrected chi connectivity index (χ4v) is 2.46. The fraction of sp³-hybridized carbons (Fsp3) is 1.00. The van der Waals surface area contributed by atoms with Crippen molar-refractivity contribution in [3.05, 3.63) is 0 Å². The normalized spacial score (nSPS) is 48.5. The van der Waals surface area contributed by atoms with Gasteiger partial charge in [-0.2, -0.15) is 0 Å². The maximum atomic E-state index is 3.72. The van der Waals surface area contributed by atoms with Crippen LogP contribution in [0.25, 0.3) is 0 Å². The van der Waals surface area contributed by atoms with E-state index in [1.54, 1.807) is 0 Å². The molecule has 2 rings (SSSR count). The first kappa shape index (κ1) is 9.53. The Morgan fingerprint density at radius 2 is 2.00 bits per heavy atom. The number of halogens is 1. The van der Waals surface area contributed by atoms with Crippen LogP contribution < -0.4 is 5.32 Å². The van der Waals surface area contributed by atoms with E-state index >= 15 is 0 Å². The Morgan fingerprint density at radius 3 is 2.64 bits per heavy atom. The van der Waals surface area contributed by atoms with Gasteiger partial charge in [0.15, 0.2) is 0 Å². The van der Waals surface area contributed by atoms with Gasteiger partial charge in [0.1, 0.15) is 0 Å². The van der Waals surface area contributed by atoms with Crippen molar-refractivity contribution >= 4 is 17.0 Å². The van der Waals surface area contributed by atoms with Crippen molar-refractivity contribution < 1.29 is 0 Å². The predicted octanol–water partition coefficient (Wildman–Crippen LogP) is 2.50. The van der Waals surface area contributed by atoms with Gasteiger partial charge in [0.25, 0.3) is 0 Å². The molecular formula is C9H18BrN. The average Bonchev–Trinajstić information content (AvgIpc) is 2.22. The number of hydrogen-bond acceptors (Lipinski definition) is 1. The summed E-state index contributed by atoms with van der Waals surface area (Å²) in [6.07, 6.45) is 5.67. The lowest BCUT2D eigenvalue weighted by atomic mass is 9.82. The first-order valence-electron chi connectivity index (χ1n) is 4.48. The molecule has 0 aromatic rings. The Hall–Kier alpha value is 0.440. The Kier molecular flexibility index (Phi) is 2.65. The molecule has 2 saturated heterocycles. The Morgan fingerprint density at radius 1 is 1.27 bits per heavy atom. The molecule has 0 radical (unpaired) electrons. The van der Waals surface area contributed by atoms with E-state index in [4.69, 9.17) is 0 Å². The fourth-order valence-electron chi connectivity index (χ4n) is 2.46. The monoisotopic (exact) mass is 219 g/mol. The van der Waals surface area contributed by atoms with Crippen molar-refractivity contribution in [3.8, 4) is 0 Å². The van der Waals surface area contributed by atoms with Gasteiger partial charge in [-0.15, -0.1) is 17.0 Å². The summed E-state index contributed by atoms with van der Waals surface area (Å²) in [5, 5.41) is 3.72. The number of nitrogens with one attached hydrogen (secondary N) is 1. The molecule has 3 unspecified atom stereocenters. The van der Waals surface area contributed by atoms with E-state index in [0.29, 0.717) is 5.54 Å². The number of rotatable bonds is 0. The van der Waals surface area contributed by atoms with Crippen molar-refractivity contribution in [3.63, 3.8) is 0 Å². The minimum Gasteiger partial charge on any atom is -0.309 e. The molecule has 0 aromatic heterocycles. The highest BCUT2D eigenvalue weighted by molar-refractivity contribution is 8.93. The third kappa shape index (κ3) is 1.48. The summed E-state index contributed by atoms with van der Waals surface area (Å²) >= 11 is 0. The van der Waals surface area contributed by atoms with Crippen LogP contribution in [0.4, 0.5) is 0 Å². The van der Waals surface area contributed by atoms with Gasteiger partial charge in [-0.1, -0.05) is 6.92 Å². The summed E-state index contributed by atoms with van der Waals surface area (Å²) in [5.74, 6) is 0.895. The largest absolute Gasteiger partial charge is 0.309 e. The summed E-state index contributed by atoms with van der Waals surface area (Å²) < 4.78 is 0. The van der Waals surface area contributed by atoms with E-state index in [0.717, 1.165) is 12.0 Å². The van der Waals surface area contributed by atoms with Crippen LogP contribution in [0.2, 0.25) is 0 Å². The maximum absolute atomic E-state index is 3.72. The average molecular weight is 220 g/mol. The van der Waals surface area contributed by atoms with Gasteiger partial charge >= 0.3 is 0 Å². The predicted molar refractivity (Wildman–Crippen MR) is 53.3 cm³/mol. The minimum atomic E-state index is 0. The van der Waals surface area contributed by atoms with E-state index in [1.165, 1.54) is 25.7 Å². The van der Waals surface area contributed by atoms with Gasteiger partial charge in [0.05, 0.1) is 0 Å². The third-order valence-electron chi connectivity index (χ3n) is 3.58. The lowest BCUT2D eigenvalue weighted by molar-refractivity contribution is 0.210. The van der Waals surface area contributed by atoms with Crippen LogP contribution in [0.1, 0.15) is 39.5 Å². The summed E-state index contributed by atoms with van der Waals surface area (Å²) in [7, 11) is 0. The highest BCUT2D eigenvalue weighted by Gasteiger charge is 2.41. The number of hydrogen-bond donors (Lipinski definition) is 1. The number of piperidine rings is 1. The van der Waals surface area contributed by atoms with Gasteiger partial charge in [0, 0.05) is 11.6 Å². The second-order valence-corrected chi connectivity index (χ2v) is 4.28. The van der Waals surface area contributed by atoms with Crippen molar-refractivity contribution in [1.29, 1.82) is 0 Å². The van der Waals surface area contributed by atoms with E-state index < -0.39 is 0 Å². The second-order valence-electron chi connectivity index (χ2n) is 4.28. The molecule has 11 heavy (non-hydrogen) atoms. The molecule has 0 spiro atoms. The lowest BCUT2D eigenvalue weighted by Crippen LogP contribution is -2.49. The van der Waals surface area contributed by atoms with E-state index in [-0.39, 0.29) is 17.0 Å². The topological polar surface area (TPSA) is 12.0 Å². The molecule has 66 valence electrons. The van der Waals surface area contributed by atoms with E-state index in [9.17, 15) is 0 Å². The van der Waals surface area contributed by atoms with Crippen LogP contribution in [0, 0.1) is 5.92 Å². The van der Waals surface area contributed by atoms with Crippen molar-refractivity contribution in [2.24, 2.45) is 5.92 Å². The third-order valence-corrected chi connectivity index (χ3v) is 3.58. The molecule has 1 N–H and O–H groups in total. The van der Waals surface area contributed by atoms with Crippen LogP contribution >= 0.6 is 17.0 Å². The smallest absolute Gasteiger partial charge is 0.0182 e. The highest BCUT2D eigenvalue weighted by Crippen LogP contribution is 2.38. The van der Waals surface area contributed by atoms with Crippen LogP contribution in [0.3, 0.4) is 0 Å². The number of fused-ring (bicyclic) bond motifs is 2. The van der Waals surface area contributed by atoms with Gasteiger partial charge in [-0.3, -0.25) is 0 Å². The second kappa shape index (κ2) is 3.06. The van der Waals surface area contributed by atoms with Gasteiger partial charge in [-0.25, -0.2) is 0 Å². The minimum absolute atomic E-state index is 0.